The van der Waals surface area contributed by atoms with E-state index in [9.17, 15) is 14.4 Å². The lowest BCUT2D eigenvalue weighted by atomic mass is 10.00. The maximum atomic E-state index is 13.1. The third-order valence-corrected chi connectivity index (χ3v) is 8.16. The van der Waals surface area contributed by atoms with Gasteiger partial charge in [-0.2, -0.15) is 0 Å². The molecule has 2 aliphatic heterocycles. The predicted molar refractivity (Wildman–Crippen MR) is 140 cm³/mol. The van der Waals surface area contributed by atoms with Crippen molar-refractivity contribution in [3.63, 3.8) is 0 Å². The van der Waals surface area contributed by atoms with E-state index in [0.29, 0.717) is 23.0 Å². The first-order valence-electron chi connectivity index (χ1n) is 11.1. The SMILES string of the molecule is O=C(CN1C(=O)S/C(=C/c2ccccc2Sc2ccc(Cl)cc2)C1=O)N1CCc2ccccc2C1. The number of fused-ring (bicyclic) bond motifs is 1. The van der Waals surface area contributed by atoms with Crippen molar-refractivity contribution in [1.29, 1.82) is 0 Å². The second-order valence-corrected chi connectivity index (χ2v) is 10.7. The summed E-state index contributed by atoms with van der Waals surface area (Å²) < 4.78 is 0. The van der Waals surface area contributed by atoms with Crippen molar-refractivity contribution in [3.8, 4) is 0 Å². The third-order valence-electron chi connectivity index (χ3n) is 5.90. The number of nitrogens with zero attached hydrogens (tertiary/aromatic N) is 2. The van der Waals surface area contributed by atoms with Gasteiger partial charge in [-0.15, -0.1) is 0 Å². The zero-order valence-electron chi connectivity index (χ0n) is 18.6. The standard InChI is InChI=1S/C27H21ClN2O3S2/c28-21-9-11-22(12-10-21)34-23-8-4-3-6-19(23)15-24-26(32)30(27(33)35-24)17-25(31)29-14-13-18-5-1-2-7-20(18)16-29/h1-12,15H,13-14,16-17H2/b24-15+. The van der Waals surface area contributed by atoms with E-state index >= 15 is 0 Å². The number of thioether (sulfide) groups is 1. The van der Waals surface area contributed by atoms with Crippen LogP contribution in [-0.2, 0) is 22.6 Å². The van der Waals surface area contributed by atoms with Gasteiger partial charge >= 0.3 is 0 Å². The number of halogens is 1. The molecule has 0 radical (unpaired) electrons. The number of amides is 3. The number of carbonyl (C=O) groups is 3. The summed E-state index contributed by atoms with van der Waals surface area (Å²) in [5.74, 6) is -0.654. The maximum Gasteiger partial charge on any atom is 0.294 e. The topological polar surface area (TPSA) is 57.7 Å². The van der Waals surface area contributed by atoms with Crippen molar-refractivity contribution in [1.82, 2.24) is 9.80 Å². The molecular formula is C27H21ClN2O3S2. The van der Waals surface area contributed by atoms with Crippen LogP contribution in [-0.4, -0.2) is 39.9 Å². The number of benzene rings is 3. The molecule has 1 fully saturated rings. The Morgan fingerprint density at radius 1 is 0.971 bits per heavy atom. The average Bonchev–Trinajstić information content (AvgIpc) is 3.13. The van der Waals surface area contributed by atoms with E-state index < -0.39 is 11.1 Å². The molecule has 0 aliphatic carbocycles. The van der Waals surface area contributed by atoms with E-state index in [1.54, 1.807) is 22.7 Å². The fourth-order valence-corrected chi connectivity index (χ4v) is 5.92. The molecule has 5 rings (SSSR count). The molecule has 176 valence electrons. The molecule has 3 amide bonds. The molecule has 3 aromatic carbocycles. The van der Waals surface area contributed by atoms with Crippen LogP contribution in [0.2, 0.25) is 5.02 Å². The van der Waals surface area contributed by atoms with Crippen LogP contribution in [0, 0.1) is 0 Å². The van der Waals surface area contributed by atoms with E-state index in [4.69, 9.17) is 11.6 Å². The average molecular weight is 521 g/mol. The van der Waals surface area contributed by atoms with E-state index in [0.717, 1.165) is 44.0 Å². The van der Waals surface area contributed by atoms with Crippen LogP contribution in [0.5, 0.6) is 0 Å². The normalized spacial score (nSPS) is 16.7. The van der Waals surface area contributed by atoms with Gasteiger partial charge in [-0.25, -0.2) is 0 Å². The summed E-state index contributed by atoms with van der Waals surface area (Å²) in [7, 11) is 0. The molecule has 0 saturated carbocycles. The summed E-state index contributed by atoms with van der Waals surface area (Å²) in [6.07, 6.45) is 2.50. The summed E-state index contributed by atoms with van der Waals surface area (Å²) in [5, 5.41) is 0.245. The molecule has 2 aliphatic rings. The van der Waals surface area contributed by atoms with Gasteiger partial charge in [0.15, 0.2) is 0 Å². The Morgan fingerprint density at radius 2 is 1.69 bits per heavy atom. The predicted octanol–water partition coefficient (Wildman–Crippen LogP) is 6.11. The lowest BCUT2D eigenvalue weighted by Crippen LogP contribution is -2.44. The van der Waals surface area contributed by atoms with Crippen molar-refractivity contribution < 1.29 is 14.4 Å². The van der Waals surface area contributed by atoms with Crippen LogP contribution < -0.4 is 0 Å². The first-order valence-corrected chi connectivity index (χ1v) is 13.1. The summed E-state index contributed by atoms with van der Waals surface area (Å²) in [6, 6.07) is 23.2. The highest BCUT2D eigenvalue weighted by atomic mass is 35.5. The molecule has 0 aromatic heterocycles. The van der Waals surface area contributed by atoms with Gasteiger partial charge in [-0.3, -0.25) is 19.3 Å². The Hall–Kier alpha value is -3.00. The highest BCUT2D eigenvalue weighted by molar-refractivity contribution is 8.18. The number of hydrogen-bond acceptors (Lipinski definition) is 5. The van der Waals surface area contributed by atoms with Crippen molar-refractivity contribution >= 4 is 58.3 Å². The van der Waals surface area contributed by atoms with Crippen molar-refractivity contribution in [2.75, 3.05) is 13.1 Å². The minimum atomic E-state index is -0.433. The fourth-order valence-electron chi connectivity index (χ4n) is 4.04. The fraction of sp³-hybridized carbons (Fsp3) is 0.148. The smallest absolute Gasteiger partial charge is 0.294 e. The molecule has 5 nitrogen and oxygen atoms in total. The van der Waals surface area contributed by atoms with E-state index in [-0.39, 0.29) is 12.5 Å². The highest BCUT2D eigenvalue weighted by Crippen LogP contribution is 2.36. The molecule has 8 heteroatoms. The summed E-state index contributed by atoms with van der Waals surface area (Å²) >= 11 is 8.41. The van der Waals surface area contributed by atoms with Gasteiger partial charge in [0.25, 0.3) is 11.1 Å². The van der Waals surface area contributed by atoms with Gasteiger partial charge in [0.1, 0.15) is 6.54 Å². The van der Waals surface area contributed by atoms with Crippen LogP contribution in [0.25, 0.3) is 6.08 Å². The van der Waals surface area contributed by atoms with E-state index in [1.165, 1.54) is 5.56 Å². The Morgan fingerprint density at radius 3 is 2.49 bits per heavy atom. The summed E-state index contributed by atoms with van der Waals surface area (Å²) in [5.41, 5.74) is 3.17. The van der Waals surface area contributed by atoms with Gasteiger partial charge in [-0.1, -0.05) is 65.8 Å². The van der Waals surface area contributed by atoms with Crippen LogP contribution >= 0.6 is 35.1 Å². The number of imide groups is 1. The van der Waals surface area contributed by atoms with Gasteiger partial charge in [0.05, 0.1) is 4.91 Å². The van der Waals surface area contributed by atoms with Crippen LogP contribution in [0.3, 0.4) is 0 Å². The second-order valence-electron chi connectivity index (χ2n) is 8.20. The van der Waals surface area contributed by atoms with Crippen molar-refractivity contribution in [3.05, 3.63) is 99.4 Å². The second kappa shape index (κ2) is 10.3. The van der Waals surface area contributed by atoms with Gasteiger partial charge in [-0.05, 0) is 71.3 Å². The number of rotatable bonds is 5. The van der Waals surface area contributed by atoms with Gasteiger partial charge < -0.3 is 4.90 Å². The largest absolute Gasteiger partial charge is 0.336 e. The minimum Gasteiger partial charge on any atom is -0.336 e. The molecule has 0 bridgehead atoms. The molecule has 1 saturated heterocycles. The Kier molecular flexibility index (Phi) is 7.00. The van der Waals surface area contributed by atoms with Crippen LogP contribution in [0.1, 0.15) is 16.7 Å². The van der Waals surface area contributed by atoms with E-state index in [2.05, 4.69) is 6.07 Å². The Bertz CT molecular complexity index is 1340. The van der Waals surface area contributed by atoms with Gasteiger partial charge in [0, 0.05) is 27.9 Å². The molecule has 35 heavy (non-hydrogen) atoms. The molecular weight excluding hydrogens is 500 g/mol. The minimum absolute atomic E-state index is 0.221. The lowest BCUT2D eigenvalue weighted by molar-refractivity contribution is -0.136. The lowest BCUT2D eigenvalue weighted by Gasteiger charge is -2.29. The summed E-state index contributed by atoms with van der Waals surface area (Å²) in [4.78, 5) is 43.7. The molecule has 0 spiro atoms. The molecule has 0 atom stereocenters. The van der Waals surface area contributed by atoms with E-state index in [1.807, 2.05) is 66.7 Å². The van der Waals surface area contributed by atoms with Gasteiger partial charge in [0.2, 0.25) is 5.91 Å². The first kappa shape index (κ1) is 23.7. The highest BCUT2D eigenvalue weighted by Gasteiger charge is 2.37. The molecule has 2 heterocycles. The zero-order valence-corrected chi connectivity index (χ0v) is 21.0. The third kappa shape index (κ3) is 5.32. The molecule has 0 N–H and O–H groups in total. The van der Waals surface area contributed by atoms with Crippen LogP contribution in [0.15, 0.2) is 87.5 Å². The Balaban J connectivity index is 1.30. The Labute approximate surface area is 217 Å². The zero-order chi connectivity index (χ0) is 24.4. The molecule has 0 unspecified atom stereocenters. The monoisotopic (exact) mass is 520 g/mol. The molecule has 3 aromatic rings. The first-order chi connectivity index (χ1) is 17.0. The maximum absolute atomic E-state index is 13.1. The summed E-state index contributed by atoms with van der Waals surface area (Å²) in [6.45, 7) is 0.832. The quantitative estimate of drug-likeness (QED) is 0.380. The van der Waals surface area contributed by atoms with Crippen molar-refractivity contribution in [2.45, 2.75) is 22.8 Å². The van der Waals surface area contributed by atoms with Crippen molar-refractivity contribution in [2.24, 2.45) is 0 Å². The number of carbonyl (C=O) groups excluding carboxylic acids is 3. The number of hydrogen-bond donors (Lipinski definition) is 0. The van der Waals surface area contributed by atoms with Crippen LogP contribution in [0.4, 0.5) is 4.79 Å².